The Labute approximate surface area is 135 Å². The quantitative estimate of drug-likeness (QED) is 0.604. The van der Waals surface area contributed by atoms with E-state index < -0.39 is 29.5 Å². The van der Waals surface area contributed by atoms with Crippen molar-refractivity contribution in [1.29, 1.82) is 0 Å². The van der Waals surface area contributed by atoms with Gasteiger partial charge in [0.1, 0.15) is 0 Å². The number of alkyl halides is 1. The van der Waals surface area contributed by atoms with E-state index in [0.29, 0.717) is 6.42 Å². The Morgan fingerprint density at radius 2 is 1.91 bits per heavy atom. The van der Waals surface area contributed by atoms with Gasteiger partial charge in [0.15, 0.2) is 5.67 Å². The molecule has 6 heteroatoms. The van der Waals surface area contributed by atoms with Crippen LogP contribution in [0.5, 0.6) is 0 Å². The summed E-state index contributed by atoms with van der Waals surface area (Å²) >= 11 is 0. The first kappa shape index (κ1) is 19.1. The van der Waals surface area contributed by atoms with E-state index in [-0.39, 0.29) is 19.3 Å². The number of hydrogen-bond acceptors (Lipinski definition) is 3. The van der Waals surface area contributed by atoms with Gasteiger partial charge in [-0.25, -0.2) is 4.39 Å². The smallest absolute Gasteiger partial charge is 0.254 e. The van der Waals surface area contributed by atoms with Crippen LogP contribution in [0.15, 0.2) is 30.3 Å². The van der Waals surface area contributed by atoms with Crippen LogP contribution in [0.25, 0.3) is 0 Å². The summed E-state index contributed by atoms with van der Waals surface area (Å²) in [7, 11) is 0. The lowest BCUT2D eigenvalue weighted by atomic mass is 9.89. The van der Waals surface area contributed by atoms with Crippen LogP contribution in [0.4, 0.5) is 4.39 Å². The Morgan fingerprint density at radius 1 is 1.30 bits per heavy atom. The van der Waals surface area contributed by atoms with Gasteiger partial charge in [0.25, 0.3) is 5.91 Å². The maximum Gasteiger partial charge on any atom is 0.254 e. The summed E-state index contributed by atoms with van der Waals surface area (Å²) in [6.45, 7) is 1.07. The van der Waals surface area contributed by atoms with Crippen LogP contribution in [0.2, 0.25) is 0 Å². The second kappa shape index (κ2) is 8.62. The van der Waals surface area contributed by atoms with E-state index in [1.165, 1.54) is 0 Å². The van der Waals surface area contributed by atoms with Gasteiger partial charge in [-0.1, -0.05) is 30.3 Å². The van der Waals surface area contributed by atoms with Crippen molar-refractivity contribution in [2.45, 2.75) is 44.4 Å². The van der Waals surface area contributed by atoms with Crippen molar-refractivity contribution in [3.05, 3.63) is 42.3 Å². The van der Waals surface area contributed by atoms with Crippen LogP contribution >= 0.6 is 0 Å². The number of amides is 2. The molecule has 0 fully saturated rings. The average Bonchev–Trinajstić information content (AvgIpc) is 2.50. The largest absolute Gasteiger partial charge is 0.393 e. The summed E-state index contributed by atoms with van der Waals surface area (Å²) in [5, 5.41) is 10.0. The lowest BCUT2D eigenvalue weighted by Crippen LogP contribution is -2.38. The number of carbonyl (C=O) groups excluding carboxylic acids is 2. The summed E-state index contributed by atoms with van der Waals surface area (Å²) in [6.07, 6.45) is 1.33. The summed E-state index contributed by atoms with van der Waals surface area (Å²) in [6, 6.07) is 9.55. The monoisotopic (exact) mass is 323 g/mol. The molecule has 3 unspecified atom stereocenters. The summed E-state index contributed by atoms with van der Waals surface area (Å²) in [5.74, 6) is -2.42. The Kier molecular flexibility index (Phi) is 7.16. The SMILES string of the molecule is CC(F)(CCC(CC(O)[CH]Cc1ccccc1)C(N)=O)C(N)=O. The number of halogens is 1. The third kappa shape index (κ3) is 6.78. The van der Waals surface area contributed by atoms with E-state index in [2.05, 4.69) is 0 Å². The van der Waals surface area contributed by atoms with E-state index in [4.69, 9.17) is 11.5 Å². The Balaban J connectivity index is 2.48. The third-order valence-electron chi connectivity index (χ3n) is 3.87. The van der Waals surface area contributed by atoms with Crippen molar-refractivity contribution < 1.29 is 19.1 Å². The molecule has 0 aliphatic rings. The van der Waals surface area contributed by atoms with Gasteiger partial charge in [0, 0.05) is 5.92 Å². The second-order valence-corrected chi connectivity index (χ2v) is 5.93. The van der Waals surface area contributed by atoms with Crippen LogP contribution in [-0.4, -0.2) is 28.7 Å². The number of benzene rings is 1. The van der Waals surface area contributed by atoms with E-state index >= 15 is 0 Å². The fraction of sp³-hybridized carbons (Fsp3) is 0.471. The van der Waals surface area contributed by atoms with Gasteiger partial charge < -0.3 is 16.6 Å². The molecule has 0 spiro atoms. The molecule has 0 aromatic heterocycles. The maximum absolute atomic E-state index is 13.8. The number of primary amides is 2. The third-order valence-corrected chi connectivity index (χ3v) is 3.87. The number of aliphatic hydroxyl groups is 1. The molecule has 0 aliphatic carbocycles. The van der Waals surface area contributed by atoms with E-state index in [9.17, 15) is 19.1 Å². The molecule has 0 saturated carbocycles. The molecule has 0 bridgehead atoms. The molecule has 127 valence electrons. The summed E-state index contributed by atoms with van der Waals surface area (Å²) < 4.78 is 13.8. The first-order valence-corrected chi connectivity index (χ1v) is 7.56. The summed E-state index contributed by atoms with van der Waals surface area (Å²) in [5.41, 5.74) is 9.10. The Bertz CT molecular complexity index is 520. The van der Waals surface area contributed by atoms with Crippen molar-refractivity contribution in [2.24, 2.45) is 17.4 Å². The molecule has 1 radical (unpaired) electrons. The molecular weight excluding hydrogens is 299 g/mol. The molecule has 0 aliphatic heterocycles. The lowest BCUT2D eigenvalue weighted by molar-refractivity contribution is -0.130. The highest BCUT2D eigenvalue weighted by Gasteiger charge is 2.32. The molecule has 1 rings (SSSR count). The van der Waals surface area contributed by atoms with Gasteiger partial charge >= 0.3 is 0 Å². The van der Waals surface area contributed by atoms with Crippen molar-refractivity contribution in [1.82, 2.24) is 0 Å². The minimum absolute atomic E-state index is 0.0571. The van der Waals surface area contributed by atoms with E-state index in [1.807, 2.05) is 30.3 Å². The molecule has 1 aromatic carbocycles. The lowest BCUT2D eigenvalue weighted by Gasteiger charge is -2.21. The average molecular weight is 323 g/mol. The first-order valence-electron chi connectivity index (χ1n) is 7.56. The van der Waals surface area contributed by atoms with Gasteiger partial charge in [-0.05, 0) is 44.6 Å². The minimum atomic E-state index is -2.19. The first-order chi connectivity index (χ1) is 10.7. The van der Waals surface area contributed by atoms with Crippen molar-refractivity contribution in [3.63, 3.8) is 0 Å². The number of hydrogen-bond donors (Lipinski definition) is 3. The van der Waals surface area contributed by atoms with Crippen LogP contribution in [0.1, 0.15) is 31.7 Å². The van der Waals surface area contributed by atoms with Gasteiger partial charge in [-0.2, -0.15) is 0 Å². The maximum atomic E-state index is 13.8. The highest BCUT2D eigenvalue weighted by molar-refractivity contribution is 5.83. The minimum Gasteiger partial charge on any atom is -0.393 e. The van der Waals surface area contributed by atoms with Crippen molar-refractivity contribution in [3.8, 4) is 0 Å². The molecule has 23 heavy (non-hydrogen) atoms. The second-order valence-electron chi connectivity index (χ2n) is 5.93. The number of aliphatic hydroxyl groups excluding tert-OH is 1. The Morgan fingerprint density at radius 3 is 2.43 bits per heavy atom. The van der Waals surface area contributed by atoms with Gasteiger partial charge in [-0.15, -0.1) is 0 Å². The van der Waals surface area contributed by atoms with Crippen molar-refractivity contribution >= 4 is 11.8 Å². The van der Waals surface area contributed by atoms with Gasteiger partial charge in [-0.3, -0.25) is 9.59 Å². The number of rotatable bonds is 10. The highest BCUT2D eigenvalue weighted by Crippen LogP contribution is 2.23. The number of nitrogens with two attached hydrogens (primary N) is 2. The molecule has 5 N–H and O–H groups in total. The zero-order valence-corrected chi connectivity index (χ0v) is 13.2. The molecule has 0 heterocycles. The van der Waals surface area contributed by atoms with Crippen LogP contribution in [0, 0.1) is 12.3 Å². The predicted octanol–water partition coefficient (Wildman–Crippen LogP) is 1.28. The molecule has 1 aromatic rings. The Hall–Kier alpha value is -1.95. The van der Waals surface area contributed by atoms with Crippen molar-refractivity contribution in [2.75, 3.05) is 0 Å². The summed E-state index contributed by atoms with van der Waals surface area (Å²) in [4.78, 5) is 22.4. The van der Waals surface area contributed by atoms with Crippen LogP contribution < -0.4 is 11.5 Å². The zero-order valence-electron chi connectivity index (χ0n) is 13.2. The van der Waals surface area contributed by atoms with Crippen LogP contribution in [0.3, 0.4) is 0 Å². The van der Waals surface area contributed by atoms with Gasteiger partial charge in [0.05, 0.1) is 6.10 Å². The molecule has 5 nitrogen and oxygen atoms in total. The zero-order chi connectivity index (χ0) is 17.5. The molecule has 3 atom stereocenters. The topological polar surface area (TPSA) is 106 Å². The molecule has 2 amide bonds. The molecule has 0 saturated heterocycles. The normalized spacial score (nSPS) is 16.3. The van der Waals surface area contributed by atoms with E-state index in [0.717, 1.165) is 12.5 Å². The predicted molar refractivity (Wildman–Crippen MR) is 85.7 cm³/mol. The van der Waals surface area contributed by atoms with Gasteiger partial charge in [0.2, 0.25) is 5.91 Å². The fourth-order valence-electron chi connectivity index (χ4n) is 2.22. The highest BCUT2D eigenvalue weighted by atomic mass is 19.1. The van der Waals surface area contributed by atoms with E-state index in [1.54, 1.807) is 6.42 Å². The van der Waals surface area contributed by atoms with Crippen LogP contribution in [-0.2, 0) is 16.0 Å². The fourth-order valence-corrected chi connectivity index (χ4v) is 2.22. The standard InChI is InChI=1S/C17H24FN2O3/c1-17(18,16(20)23)10-9-13(15(19)22)11-14(21)8-7-12-5-3-2-4-6-12/h2-6,8,13-14,21H,7,9-11H2,1H3,(H2,19,22)(H2,20,23). The number of carbonyl (C=O) groups is 2. The molecular formula is C17H24FN2O3.